The summed E-state index contributed by atoms with van der Waals surface area (Å²) in [5.74, 6) is 0.894. The van der Waals surface area contributed by atoms with Crippen LogP contribution in [-0.2, 0) is 27.3 Å². The number of amides is 3. The number of hydrogen-bond donors (Lipinski definition) is 1. The molecule has 0 saturated carbocycles. The Balaban J connectivity index is 1.64. The first-order valence-corrected chi connectivity index (χ1v) is 11.1. The third-order valence-corrected chi connectivity index (χ3v) is 6.18. The highest BCUT2D eigenvalue weighted by molar-refractivity contribution is 5.95. The molecular formula is C24H29N5O3. The lowest BCUT2D eigenvalue weighted by atomic mass is 10.0. The van der Waals surface area contributed by atoms with Crippen LogP contribution >= 0.6 is 0 Å². The summed E-state index contributed by atoms with van der Waals surface area (Å²) in [6, 6.07) is 7.89. The molecule has 1 fully saturated rings. The molecule has 1 aromatic heterocycles. The van der Waals surface area contributed by atoms with Gasteiger partial charge in [0.2, 0.25) is 17.7 Å². The Morgan fingerprint density at radius 1 is 1.12 bits per heavy atom. The molecular weight excluding hydrogens is 406 g/mol. The molecule has 1 atom stereocenters. The van der Waals surface area contributed by atoms with Crippen LogP contribution in [0.5, 0.6) is 0 Å². The van der Waals surface area contributed by atoms with Gasteiger partial charge in [-0.3, -0.25) is 19.3 Å². The zero-order valence-corrected chi connectivity index (χ0v) is 18.9. The fourth-order valence-corrected chi connectivity index (χ4v) is 4.43. The van der Waals surface area contributed by atoms with Crippen LogP contribution in [-0.4, -0.2) is 45.7 Å². The standard InChI is InChI=1S/C24H29N5O3/c1-15-6-8-18(9-7-15)14-29-21(31)11-10-19-16(2)26-23(27-24(19)29)20-5-4-12-28(20)22(32)13-25-17(3)30/h6-9,20H,4-5,10-14H2,1-3H3,(H,25,30)/t20-/m1/s1. The van der Waals surface area contributed by atoms with E-state index in [-0.39, 0.29) is 30.3 Å². The van der Waals surface area contributed by atoms with Crippen molar-refractivity contribution in [2.45, 2.75) is 59.0 Å². The van der Waals surface area contributed by atoms with Crippen LogP contribution in [0, 0.1) is 13.8 Å². The maximum atomic E-state index is 12.9. The highest BCUT2D eigenvalue weighted by Gasteiger charge is 2.35. The molecule has 3 amide bonds. The first kappa shape index (κ1) is 21.9. The highest BCUT2D eigenvalue weighted by atomic mass is 16.2. The molecule has 0 aliphatic carbocycles. The van der Waals surface area contributed by atoms with Gasteiger partial charge in [0, 0.05) is 31.1 Å². The van der Waals surface area contributed by atoms with E-state index in [0.717, 1.165) is 29.7 Å². The van der Waals surface area contributed by atoms with Gasteiger partial charge in [0.05, 0.1) is 19.1 Å². The van der Waals surface area contributed by atoms with Gasteiger partial charge in [0.25, 0.3) is 0 Å². The molecule has 2 aromatic rings. The van der Waals surface area contributed by atoms with Crippen molar-refractivity contribution in [3.8, 4) is 0 Å². The van der Waals surface area contributed by atoms with Crippen LogP contribution < -0.4 is 10.2 Å². The van der Waals surface area contributed by atoms with Gasteiger partial charge in [0.1, 0.15) is 5.82 Å². The van der Waals surface area contributed by atoms with Gasteiger partial charge in [-0.15, -0.1) is 0 Å². The average Bonchev–Trinajstić information content (AvgIpc) is 3.25. The monoisotopic (exact) mass is 435 g/mol. The van der Waals surface area contributed by atoms with E-state index in [9.17, 15) is 14.4 Å². The number of aryl methyl sites for hydroxylation is 2. The maximum absolute atomic E-state index is 12.9. The van der Waals surface area contributed by atoms with E-state index in [4.69, 9.17) is 9.97 Å². The molecule has 1 N–H and O–H groups in total. The Morgan fingerprint density at radius 2 is 1.88 bits per heavy atom. The van der Waals surface area contributed by atoms with Gasteiger partial charge < -0.3 is 10.2 Å². The predicted molar refractivity (Wildman–Crippen MR) is 120 cm³/mol. The number of rotatable bonds is 5. The minimum Gasteiger partial charge on any atom is -0.347 e. The normalized spacial score (nSPS) is 18.0. The number of nitrogens with zero attached hydrogens (tertiary/aromatic N) is 4. The number of benzene rings is 1. The molecule has 0 unspecified atom stereocenters. The van der Waals surface area contributed by atoms with Crippen molar-refractivity contribution in [3.05, 3.63) is 52.5 Å². The van der Waals surface area contributed by atoms with Crippen molar-refractivity contribution in [2.24, 2.45) is 0 Å². The summed E-state index contributed by atoms with van der Waals surface area (Å²) >= 11 is 0. The third kappa shape index (κ3) is 4.49. The molecule has 168 valence electrons. The molecule has 4 rings (SSSR count). The third-order valence-electron chi connectivity index (χ3n) is 6.18. The molecule has 8 nitrogen and oxygen atoms in total. The summed E-state index contributed by atoms with van der Waals surface area (Å²) in [5.41, 5.74) is 4.06. The first-order valence-electron chi connectivity index (χ1n) is 11.1. The smallest absolute Gasteiger partial charge is 0.242 e. The van der Waals surface area contributed by atoms with Gasteiger partial charge in [-0.2, -0.15) is 0 Å². The van der Waals surface area contributed by atoms with Gasteiger partial charge in [0.15, 0.2) is 5.82 Å². The van der Waals surface area contributed by atoms with Crippen molar-refractivity contribution in [3.63, 3.8) is 0 Å². The van der Waals surface area contributed by atoms with Crippen molar-refractivity contribution in [1.29, 1.82) is 0 Å². The lowest BCUT2D eigenvalue weighted by molar-refractivity contribution is -0.133. The van der Waals surface area contributed by atoms with Gasteiger partial charge in [-0.05, 0) is 38.7 Å². The number of fused-ring (bicyclic) bond motifs is 1. The van der Waals surface area contributed by atoms with Crippen molar-refractivity contribution in [2.75, 3.05) is 18.0 Å². The number of anilines is 1. The second-order valence-electron chi connectivity index (χ2n) is 8.59. The van der Waals surface area contributed by atoms with E-state index in [0.29, 0.717) is 37.6 Å². The van der Waals surface area contributed by atoms with E-state index < -0.39 is 0 Å². The second kappa shape index (κ2) is 9.06. The maximum Gasteiger partial charge on any atom is 0.242 e. The van der Waals surface area contributed by atoms with Crippen LogP contribution in [0.3, 0.4) is 0 Å². The average molecular weight is 436 g/mol. The molecule has 2 aliphatic rings. The van der Waals surface area contributed by atoms with Gasteiger partial charge in [-0.25, -0.2) is 9.97 Å². The molecule has 0 bridgehead atoms. The fourth-order valence-electron chi connectivity index (χ4n) is 4.43. The lowest BCUT2D eigenvalue weighted by Gasteiger charge is -2.31. The van der Waals surface area contributed by atoms with Gasteiger partial charge >= 0.3 is 0 Å². The molecule has 2 aliphatic heterocycles. The molecule has 3 heterocycles. The number of carbonyl (C=O) groups is 3. The molecule has 32 heavy (non-hydrogen) atoms. The van der Waals surface area contributed by atoms with Crippen LogP contribution in [0.4, 0.5) is 5.82 Å². The predicted octanol–water partition coefficient (Wildman–Crippen LogP) is 2.37. The first-order chi connectivity index (χ1) is 15.3. The Labute approximate surface area is 188 Å². The largest absolute Gasteiger partial charge is 0.347 e. The van der Waals surface area contributed by atoms with Crippen LogP contribution in [0.25, 0.3) is 0 Å². The van der Waals surface area contributed by atoms with E-state index >= 15 is 0 Å². The summed E-state index contributed by atoms with van der Waals surface area (Å²) in [4.78, 5) is 49.8. The van der Waals surface area contributed by atoms with E-state index in [1.807, 2.05) is 38.1 Å². The van der Waals surface area contributed by atoms with Gasteiger partial charge in [-0.1, -0.05) is 29.8 Å². The number of likely N-dealkylation sites (tertiary alicyclic amines) is 1. The van der Waals surface area contributed by atoms with E-state index in [2.05, 4.69) is 5.32 Å². The molecule has 1 aromatic carbocycles. The minimum absolute atomic E-state index is 0.0339. The fraction of sp³-hybridized carbons (Fsp3) is 0.458. The molecule has 0 spiro atoms. The Morgan fingerprint density at radius 3 is 2.59 bits per heavy atom. The molecule has 8 heteroatoms. The van der Waals surface area contributed by atoms with E-state index in [1.165, 1.54) is 12.5 Å². The Kier molecular flexibility index (Phi) is 6.21. The SMILES string of the molecule is CC(=O)NCC(=O)N1CCC[C@@H]1c1nc(C)c2c(n1)N(Cc1ccc(C)cc1)C(=O)CC2. The van der Waals surface area contributed by atoms with Crippen molar-refractivity contribution < 1.29 is 14.4 Å². The summed E-state index contributed by atoms with van der Waals surface area (Å²) in [6.45, 7) is 6.40. The highest BCUT2D eigenvalue weighted by Crippen LogP contribution is 2.35. The Bertz CT molecular complexity index is 1050. The van der Waals surface area contributed by atoms with Crippen molar-refractivity contribution in [1.82, 2.24) is 20.2 Å². The lowest BCUT2D eigenvalue weighted by Crippen LogP contribution is -2.40. The molecule has 1 saturated heterocycles. The number of carbonyl (C=O) groups excluding carboxylic acids is 3. The number of hydrogen-bond acceptors (Lipinski definition) is 5. The second-order valence-corrected chi connectivity index (χ2v) is 8.59. The number of nitrogens with one attached hydrogen (secondary N) is 1. The minimum atomic E-state index is -0.251. The molecule has 0 radical (unpaired) electrons. The van der Waals surface area contributed by atoms with Crippen molar-refractivity contribution >= 4 is 23.5 Å². The van der Waals surface area contributed by atoms with Crippen LogP contribution in [0.15, 0.2) is 24.3 Å². The zero-order valence-electron chi connectivity index (χ0n) is 18.9. The van der Waals surface area contributed by atoms with Crippen LogP contribution in [0.1, 0.15) is 60.4 Å². The topological polar surface area (TPSA) is 95.5 Å². The number of aromatic nitrogens is 2. The van der Waals surface area contributed by atoms with E-state index in [1.54, 1.807) is 9.80 Å². The zero-order chi connectivity index (χ0) is 22.8. The summed E-state index contributed by atoms with van der Waals surface area (Å²) < 4.78 is 0. The van der Waals surface area contributed by atoms with Crippen LogP contribution in [0.2, 0.25) is 0 Å². The summed E-state index contributed by atoms with van der Waals surface area (Å²) in [5, 5.41) is 2.58. The quantitative estimate of drug-likeness (QED) is 0.778. The Hall–Kier alpha value is -3.29. The summed E-state index contributed by atoms with van der Waals surface area (Å²) in [7, 11) is 0. The summed E-state index contributed by atoms with van der Waals surface area (Å²) in [6.07, 6.45) is 2.67.